The third-order valence-electron chi connectivity index (χ3n) is 3.00. The lowest BCUT2D eigenvalue weighted by Crippen LogP contribution is -2.28. The third kappa shape index (κ3) is 5.62. The first kappa shape index (κ1) is 16.6. The van der Waals surface area contributed by atoms with Crippen LogP contribution < -0.4 is 5.06 Å². The number of hydroxylamine groups is 1. The van der Waals surface area contributed by atoms with Gasteiger partial charge in [0.05, 0.1) is 11.6 Å². The number of benzene rings is 1. The number of para-hydroxylation sites is 1. The summed E-state index contributed by atoms with van der Waals surface area (Å²) in [6, 6.07) is 8.11. The highest BCUT2D eigenvalue weighted by Gasteiger charge is 2.22. The molecule has 0 heterocycles. The molecule has 0 aromatic heterocycles. The fraction of sp³-hybridized carbons (Fsp3) is 0.357. The number of carbonyl (C=O) groups is 3. The third-order valence-corrected chi connectivity index (χ3v) is 3.00. The van der Waals surface area contributed by atoms with Crippen LogP contribution in [0.15, 0.2) is 30.3 Å². The van der Waals surface area contributed by atoms with Crippen LogP contribution in [0.25, 0.3) is 0 Å². The van der Waals surface area contributed by atoms with Crippen molar-refractivity contribution in [2.24, 2.45) is 5.92 Å². The maximum Gasteiger partial charge on any atom is 0.306 e. The number of aliphatic carboxylic acids is 2. The monoisotopic (exact) mass is 295 g/mol. The standard InChI is InChI=1S/C14H17NO6/c16-12(15(21)11-4-2-1-3-5-11)8-6-10(14(19)20)7-9-13(17)18/h1-5,10,21H,6-9H2,(H,17,18)(H,19,20). The van der Waals surface area contributed by atoms with Crippen molar-refractivity contribution < 1.29 is 29.8 Å². The van der Waals surface area contributed by atoms with Gasteiger partial charge in [-0.2, -0.15) is 5.06 Å². The van der Waals surface area contributed by atoms with Crippen molar-refractivity contribution in [1.29, 1.82) is 0 Å². The maximum atomic E-state index is 11.8. The summed E-state index contributed by atoms with van der Waals surface area (Å²) in [6.45, 7) is 0. The minimum absolute atomic E-state index is 0.0225. The number of rotatable bonds is 8. The second-order valence-corrected chi connectivity index (χ2v) is 4.55. The zero-order valence-corrected chi connectivity index (χ0v) is 11.3. The van der Waals surface area contributed by atoms with Gasteiger partial charge in [-0.15, -0.1) is 0 Å². The van der Waals surface area contributed by atoms with Gasteiger partial charge >= 0.3 is 11.9 Å². The Morgan fingerprint density at radius 2 is 1.57 bits per heavy atom. The van der Waals surface area contributed by atoms with E-state index < -0.39 is 23.8 Å². The van der Waals surface area contributed by atoms with E-state index in [2.05, 4.69) is 0 Å². The molecule has 1 aromatic carbocycles. The molecule has 1 unspecified atom stereocenters. The predicted molar refractivity (Wildman–Crippen MR) is 72.9 cm³/mol. The molecule has 1 atom stereocenters. The lowest BCUT2D eigenvalue weighted by Gasteiger charge is -2.16. The Morgan fingerprint density at radius 3 is 2.10 bits per heavy atom. The number of hydrogen-bond acceptors (Lipinski definition) is 4. The second kappa shape index (κ2) is 8.01. The van der Waals surface area contributed by atoms with Gasteiger partial charge in [-0.3, -0.25) is 19.6 Å². The molecular weight excluding hydrogens is 278 g/mol. The van der Waals surface area contributed by atoms with Crippen molar-refractivity contribution in [2.75, 3.05) is 5.06 Å². The van der Waals surface area contributed by atoms with Crippen LogP contribution in [0.5, 0.6) is 0 Å². The number of hydrogen-bond donors (Lipinski definition) is 3. The normalized spacial score (nSPS) is 11.7. The molecule has 21 heavy (non-hydrogen) atoms. The van der Waals surface area contributed by atoms with E-state index in [9.17, 15) is 19.6 Å². The van der Waals surface area contributed by atoms with Crippen LogP contribution in [-0.2, 0) is 14.4 Å². The number of anilines is 1. The van der Waals surface area contributed by atoms with Crippen molar-refractivity contribution >= 4 is 23.5 Å². The van der Waals surface area contributed by atoms with Gasteiger partial charge in [-0.1, -0.05) is 18.2 Å². The highest BCUT2D eigenvalue weighted by molar-refractivity contribution is 5.91. The van der Waals surface area contributed by atoms with Crippen LogP contribution in [0.3, 0.4) is 0 Å². The van der Waals surface area contributed by atoms with Crippen LogP contribution in [0.4, 0.5) is 5.69 Å². The SMILES string of the molecule is O=C(O)CCC(CCC(=O)N(O)c1ccccc1)C(=O)O. The Bertz CT molecular complexity index is 501. The number of carboxylic acid groups (broad SMARTS) is 2. The summed E-state index contributed by atoms with van der Waals surface area (Å²) < 4.78 is 0. The van der Waals surface area contributed by atoms with E-state index in [1.165, 1.54) is 12.1 Å². The summed E-state index contributed by atoms with van der Waals surface area (Å²) in [5.41, 5.74) is 0.292. The van der Waals surface area contributed by atoms with E-state index in [1.807, 2.05) is 0 Å². The van der Waals surface area contributed by atoms with Crippen LogP contribution in [0.2, 0.25) is 0 Å². The van der Waals surface area contributed by atoms with Crippen LogP contribution in [0.1, 0.15) is 25.7 Å². The minimum Gasteiger partial charge on any atom is -0.481 e. The van der Waals surface area contributed by atoms with Gasteiger partial charge in [-0.05, 0) is 25.0 Å². The average molecular weight is 295 g/mol. The topological polar surface area (TPSA) is 115 Å². The van der Waals surface area contributed by atoms with Gasteiger partial charge in [0, 0.05) is 12.8 Å². The molecule has 0 saturated heterocycles. The summed E-state index contributed by atoms with van der Waals surface area (Å²) in [5, 5.41) is 27.7. The van der Waals surface area contributed by atoms with Crippen LogP contribution in [0, 0.1) is 5.92 Å². The predicted octanol–water partition coefficient (Wildman–Crippen LogP) is 1.75. The van der Waals surface area contributed by atoms with E-state index in [0.717, 1.165) is 0 Å². The average Bonchev–Trinajstić information content (AvgIpc) is 2.46. The van der Waals surface area contributed by atoms with E-state index in [0.29, 0.717) is 10.8 Å². The summed E-state index contributed by atoms with van der Waals surface area (Å²) in [4.78, 5) is 33.2. The molecular formula is C14H17NO6. The van der Waals surface area contributed by atoms with Crippen molar-refractivity contribution in [2.45, 2.75) is 25.7 Å². The first-order valence-electron chi connectivity index (χ1n) is 6.43. The quantitative estimate of drug-likeness (QED) is 0.497. The molecule has 0 spiro atoms. The summed E-state index contributed by atoms with van der Waals surface area (Å²) >= 11 is 0. The Labute approximate surface area is 121 Å². The Balaban J connectivity index is 2.53. The fourth-order valence-electron chi connectivity index (χ4n) is 1.81. The molecule has 0 saturated carbocycles. The Hall–Kier alpha value is -2.41. The van der Waals surface area contributed by atoms with Crippen molar-refractivity contribution in [1.82, 2.24) is 0 Å². The molecule has 3 N–H and O–H groups in total. The molecule has 7 heteroatoms. The molecule has 1 amide bonds. The number of amides is 1. The first-order chi connectivity index (χ1) is 9.91. The van der Waals surface area contributed by atoms with E-state index in [1.54, 1.807) is 18.2 Å². The van der Waals surface area contributed by atoms with Crippen LogP contribution in [-0.4, -0.2) is 33.3 Å². The first-order valence-corrected chi connectivity index (χ1v) is 6.43. The van der Waals surface area contributed by atoms with Gasteiger partial charge in [0.15, 0.2) is 0 Å². The molecule has 7 nitrogen and oxygen atoms in total. The molecule has 1 rings (SSSR count). The number of carboxylic acids is 2. The molecule has 0 aliphatic rings. The van der Waals surface area contributed by atoms with Gasteiger partial charge < -0.3 is 10.2 Å². The zero-order valence-electron chi connectivity index (χ0n) is 11.3. The Morgan fingerprint density at radius 1 is 1.00 bits per heavy atom. The molecule has 0 aliphatic carbocycles. The maximum absolute atomic E-state index is 11.8. The van der Waals surface area contributed by atoms with Crippen LogP contribution >= 0.6 is 0 Å². The van der Waals surface area contributed by atoms with E-state index in [-0.39, 0.29) is 25.7 Å². The van der Waals surface area contributed by atoms with E-state index in [4.69, 9.17) is 10.2 Å². The highest BCUT2D eigenvalue weighted by atomic mass is 16.5. The van der Waals surface area contributed by atoms with E-state index >= 15 is 0 Å². The number of carbonyl (C=O) groups excluding carboxylic acids is 1. The smallest absolute Gasteiger partial charge is 0.306 e. The summed E-state index contributed by atoms with van der Waals surface area (Å²) in [6.07, 6.45) is -0.519. The summed E-state index contributed by atoms with van der Waals surface area (Å²) in [7, 11) is 0. The molecule has 1 aromatic rings. The highest BCUT2D eigenvalue weighted by Crippen LogP contribution is 2.17. The molecule has 114 valence electrons. The summed E-state index contributed by atoms with van der Waals surface area (Å²) in [5.74, 6) is -3.79. The number of nitrogens with zero attached hydrogens (tertiary/aromatic N) is 1. The van der Waals surface area contributed by atoms with Crippen molar-refractivity contribution in [3.63, 3.8) is 0 Å². The largest absolute Gasteiger partial charge is 0.481 e. The van der Waals surface area contributed by atoms with Crippen molar-refractivity contribution in [3.05, 3.63) is 30.3 Å². The minimum atomic E-state index is -1.15. The van der Waals surface area contributed by atoms with Gasteiger partial charge in [0.1, 0.15) is 0 Å². The second-order valence-electron chi connectivity index (χ2n) is 4.55. The zero-order chi connectivity index (χ0) is 15.8. The lowest BCUT2D eigenvalue weighted by molar-refractivity contribution is -0.143. The van der Waals surface area contributed by atoms with Gasteiger partial charge in [0.2, 0.25) is 0 Å². The van der Waals surface area contributed by atoms with Crippen molar-refractivity contribution in [3.8, 4) is 0 Å². The lowest BCUT2D eigenvalue weighted by atomic mass is 9.97. The molecule has 0 radical (unpaired) electrons. The fourth-order valence-corrected chi connectivity index (χ4v) is 1.81. The van der Waals surface area contributed by atoms with Gasteiger partial charge in [-0.25, -0.2) is 0 Å². The molecule has 0 fully saturated rings. The Kier molecular flexibility index (Phi) is 6.35. The van der Waals surface area contributed by atoms with Gasteiger partial charge in [0.25, 0.3) is 5.91 Å². The molecule has 0 bridgehead atoms. The molecule has 0 aliphatic heterocycles.